The molecule has 118 valence electrons. The average molecular weight is 289 g/mol. The number of ketones is 1. The zero-order valence-corrected chi connectivity index (χ0v) is 14.2. The summed E-state index contributed by atoms with van der Waals surface area (Å²) in [7, 11) is 0. The lowest BCUT2D eigenvalue weighted by atomic mass is 9.74. The number of hydrogen-bond donors (Lipinski definition) is 1. The van der Waals surface area contributed by atoms with Gasteiger partial charge in [0.1, 0.15) is 0 Å². The molecule has 2 nitrogen and oxygen atoms in total. The first-order valence-corrected chi connectivity index (χ1v) is 8.46. The molecule has 1 aliphatic heterocycles. The number of aryl methyl sites for hydroxylation is 1. The Labute approximate surface area is 130 Å². The predicted octanol–water partition coefficient (Wildman–Crippen LogP) is 4.76. The highest BCUT2D eigenvalue weighted by molar-refractivity contribution is 5.96. The second kappa shape index (κ2) is 8.99. The number of benzene rings is 1. The van der Waals surface area contributed by atoms with Crippen molar-refractivity contribution < 1.29 is 4.79 Å². The number of carbonyl (C=O) groups excluding carboxylic acids is 1. The van der Waals surface area contributed by atoms with E-state index in [-0.39, 0.29) is 0 Å². The summed E-state index contributed by atoms with van der Waals surface area (Å²) in [6.07, 6.45) is 5.37. The summed E-state index contributed by atoms with van der Waals surface area (Å²) in [5.41, 5.74) is 2.41. The summed E-state index contributed by atoms with van der Waals surface area (Å²) in [6, 6.07) is 7.95. The molecule has 0 spiro atoms. The maximum atomic E-state index is 12.2. The Kier molecular flexibility index (Phi) is 7.66. The Morgan fingerprint density at radius 3 is 2.43 bits per heavy atom. The summed E-state index contributed by atoms with van der Waals surface area (Å²) in [4.78, 5) is 12.2. The van der Waals surface area contributed by atoms with E-state index in [4.69, 9.17) is 0 Å². The molecule has 1 aliphatic rings. The minimum absolute atomic E-state index is 0.290. The molecule has 0 aromatic heterocycles. The van der Waals surface area contributed by atoms with E-state index in [0.29, 0.717) is 17.6 Å². The van der Waals surface area contributed by atoms with Gasteiger partial charge in [-0.1, -0.05) is 50.6 Å². The number of piperidine rings is 1. The van der Waals surface area contributed by atoms with Gasteiger partial charge in [0.05, 0.1) is 0 Å². The monoisotopic (exact) mass is 289 g/mol. The first kappa shape index (κ1) is 17.9. The van der Waals surface area contributed by atoms with Crippen molar-refractivity contribution in [2.24, 2.45) is 5.41 Å². The van der Waals surface area contributed by atoms with Crippen LogP contribution in [0, 0.1) is 12.3 Å². The van der Waals surface area contributed by atoms with Crippen molar-refractivity contribution in [1.29, 1.82) is 0 Å². The highest BCUT2D eigenvalue weighted by Crippen LogP contribution is 2.35. The number of carbonyl (C=O) groups is 1. The van der Waals surface area contributed by atoms with Crippen molar-refractivity contribution in [1.82, 2.24) is 5.32 Å². The van der Waals surface area contributed by atoms with Gasteiger partial charge >= 0.3 is 0 Å². The van der Waals surface area contributed by atoms with Gasteiger partial charge in [0, 0.05) is 18.5 Å². The van der Waals surface area contributed by atoms with Crippen molar-refractivity contribution in [3.8, 4) is 0 Å². The zero-order chi connectivity index (χ0) is 15.7. The van der Waals surface area contributed by atoms with Crippen LogP contribution >= 0.6 is 0 Å². The molecule has 1 saturated heterocycles. The molecule has 1 heterocycles. The molecule has 1 fully saturated rings. The van der Waals surface area contributed by atoms with Gasteiger partial charge in [0.15, 0.2) is 5.78 Å². The van der Waals surface area contributed by atoms with Gasteiger partial charge in [-0.3, -0.25) is 4.79 Å². The van der Waals surface area contributed by atoms with Crippen molar-refractivity contribution in [3.05, 3.63) is 35.4 Å². The number of Topliss-reactive ketones (excluding diaryl/α,β-unsaturated/α-hetero) is 1. The molecule has 21 heavy (non-hydrogen) atoms. The summed E-state index contributed by atoms with van der Waals surface area (Å²) < 4.78 is 0. The lowest BCUT2D eigenvalue weighted by molar-refractivity contribution is 0.0938. The SMILES string of the molecule is CC.CCC1(CCC(=O)c2ccc(C)cc2)CCCNC1. The first-order chi connectivity index (χ1) is 10.2. The van der Waals surface area contributed by atoms with Crippen LogP contribution in [-0.4, -0.2) is 18.9 Å². The van der Waals surface area contributed by atoms with Gasteiger partial charge in [0.25, 0.3) is 0 Å². The van der Waals surface area contributed by atoms with E-state index in [9.17, 15) is 4.79 Å². The Morgan fingerprint density at radius 1 is 1.24 bits per heavy atom. The van der Waals surface area contributed by atoms with Crippen LogP contribution < -0.4 is 5.32 Å². The molecule has 1 atom stereocenters. The van der Waals surface area contributed by atoms with E-state index in [2.05, 4.69) is 12.2 Å². The number of rotatable bonds is 5. The molecule has 0 radical (unpaired) electrons. The molecule has 1 unspecified atom stereocenters. The normalized spacial score (nSPS) is 21.3. The minimum atomic E-state index is 0.290. The molecule has 1 aromatic rings. The van der Waals surface area contributed by atoms with E-state index in [1.807, 2.05) is 45.0 Å². The second-order valence-corrected chi connectivity index (χ2v) is 5.92. The van der Waals surface area contributed by atoms with Crippen LogP contribution in [0.3, 0.4) is 0 Å². The zero-order valence-electron chi connectivity index (χ0n) is 14.2. The van der Waals surface area contributed by atoms with Gasteiger partial charge < -0.3 is 5.32 Å². The van der Waals surface area contributed by atoms with Crippen LogP contribution in [0.4, 0.5) is 0 Å². The number of nitrogens with one attached hydrogen (secondary N) is 1. The predicted molar refractivity (Wildman–Crippen MR) is 90.9 cm³/mol. The third-order valence-corrected chi connectivity index (χ3v) is 4.57. The Hall–Kier alpha value is -1.15. The van der Waals surface area contributed by atoms with Gasteiger partial charge in [-0.25, -0.2) is 0 Å². The minimum Gasteiger partial charge on any atom is -0.316 e. The molecule has 0 bridgehead atoms. The van der Waals surface area contributed by atoms with Crippen LogP contribution in [0.15, 0.2) is 24.3 Å². The second-order valence-electron chi connectivity index (χ2n) is 5.92. The maximum absolute atomic E-state index is 12.2. The van der Waals surface area contributed by atoms with Gasteiger partial charge in [-0.15, -0.1) is 0 Å². The third kappa shape index (κ3) is 5.28. The highest BCUT2D eigenvalue weighted by Gasteiger charge is 2.30. The largest absolute Gasteiger partial charge is 0.316 e. The van der Waals surface area contributed by atoms with Gasteiger partial charge in [-0.05, 0) is 44.6 Å². The van der Waals surface area contributed by atoms with Crippen LogP contribution in [0.1, 0.15) is 68.8 Å². The van der Waals surface area contributed by atoms with Crippen LogP contribution in [0.25, 0.3) is 0 Å². The van der Waals surface area contributed by atoms with E-state index in [0.717, 1.165) is 25.1 Å². The summed E-state index contributed by atoms with van der Waals surface area (Å²) in [5.74, 6) is 0.290. The third-order valence-electron chi connectivity index (χ3n) is 4.57. The average Bonchev–Trinajstić information content (AvgIpc) is 2.56. The van der Waals surface area contributed by atoms with Crippen LogP contribution in [0.2, 0.25) is 0 Å². The highest BCUT2D eigenvalue weighted by atomic mass is 16.1. The Bertz CT molecular complexity index is 416. The lowest BCUT2D eigenvalue weighted by Gasteiger charge is -2.37. The molecule has 0 amide bonds. The van der Waals surface area contributed by atoms with E-state index in [1.165, 1.54) is 24.8 Å². The molecule has 2 heteroatoms. The molecule has 1 aromatic carbocycles. The van der Waals surface area contributed by atoms with E-state index in [1.54, 1.807) is 0 Å². The van der Waals surface area contributed by atoms with Crippen molar-refractivity contribution >= 4 is 5.78 Å². The maximum Gasteiger partial charge on any atom is 0.162 e. The van der Waals surface area contributed by atoms with Crippen molar-refractivity contribution in [2.75, 3.05) is 13.1 Å². The standard InChI is InChI=1S/C17H25NO.C2H6/c1-3-17(10-4-12-18-13-17)11-9-16(19)15-7-5-14(2)6-8-15;1-2/h5-8,18H,3-4,9-13H2,1-2H3;1-2H3. The van der Waals surface area contributed by atoms with Gasteiger partial charge in [-0.2, -0.15) is 0 Å². The fourth-order valence-electron chi connectivity index (χ4n) is 2.98. The molecular weight excluding hydrogens is 258 g/mol. The summed E-state index contributed by atoms with van der Waals surface area (Å²) >= 11 is 0. The lowest BCUT2D eigenvalue weighted by Crippen LogP contribution is -2.39. The fraction of sp³-hybridized carbons (Fsp3) is 0.632. The molecule has 0 aliphatic carbocycles. The van der Waals surface area contributed by atoms with Crippen LogP contribution in [0.5, 0.6) is 0 Å². The first-order valence-electron chi connectivity index (χ1n) is 8.46. The quantitative estimate of drug-likeness (QED) is 0.792. The van der Waals surface area contributed by atoms with Crippen LogP contribution in [-0.2, 0) is 0 Å². The molecule has 2 rings (SSSR count). The molecular formula is C19H31NO. The van der Waals surface area contributed by atoms with E-state index >= 15 is 0 Å². The van der Waals surface area contributed by atoms with Crippen molar-refractivity contribution in [3.63, 3.8) is 0 Å². The summed E-state index contributed by atoms with van der Waals surface area (Å²) in [5, 5.41) is 3.49. The Morgan fingerprint density at radius 2 is 1.90 bits per heavy atom. The molecule has 0 saturated carbocycles. The number of hydrogen-bond acceptors (Lipinski definition) is 2. The fourth-order valence-corrected chi connectivity index (χ4v) is 2.98. The van der Waals surface area contributed by atoms with Crippen molar-refractivity contribution in [2.45, 2.75) is 59.8 Å². The van der Waals surface area contributed by atoms with E-state index < -0.39 is 0 Å². The Balaban J connectivity index is 0.00000106. The van der Waals surface area contributed by atoms with Gasteiger partial charge in [0.2, 0.25) is 0 Å². The molecule has 1 N–H and O–H groups in total. The topological polar surface area (TPSA) is 29.1 Å². The summed E-state index contributed by atoms with van der Waals surface area (Å²) in [6.45, 7) is 10.5. The smallest absolute Gasteiger partial charge is 0.162 e.